The summed E-state index contributed by atoms with van der Waals surface area (Å²) in [6, 6.07) is 10.4. The number of hydrogen-bond acceptors (Lipinski definition) is 1. The quantitative estimate of drug-likeness (QED) is 0.827. The molecule has 1 N–H and O–H groups in total. The highest BCUT2D eigenvalue weighted by Gasteiger charge is 2.39. The smallest absolute Gasteiger partial charge is 0.0113 e. The Morgan fingerprint density at radius 3 is 2.19 bits per heavy atom. The maximum Gasteiger partial charge on any atom is 0.0113 e. The maximum absolute atomic E-state index is 4.01. The zero-order chi connectivity index (χ0) is 15.1. The summed E-state index contributed by atoms with van der Waals surface area (Å²) in [4.78, 5) is 0. The molecular weight excluding hydrogens is 254 g/mol. The third-order valence-electron chi connectivity index (χ3n) is 5.37. The van der Waals surface area contributed by atoms with Gasteiger partial charge in [0.15, 0.2) is 0 Å². The molecule has 0 amide bonds. The van der Waals surface area contributed by atoms with Crippen LogP contribution in [0.4, 0.5) is 0 Å². The van der Waals surface area contributed by atoms with Crippen LogP contribution < -0.4 is 5.32 Å². The fourth-order valence-electron chi connectivity index (χ4n) is 5.14. The lowest BCUT2D eigenvalue weighted by Gasteiger charge is -2.46. The van der Waals surface area contributed by atoms with Gasteiger partial charge in [0.1, 0.15) is 0 Å². The van der Waals surface area contributed by atoms with Gasteiger partial charge in [0, 0.05) is 12.1 Å². The third-order valence-corrected chi connectivity index (χ3v) is 5.37. The van der Waals surface area contributed by atoms with Crippen LogP contribution >= 0.6 is 0 Å². The number of nitrogens with one attached hydrogen (secondary N) is 1. The zero-order valence-corrected chi connectivity index (χ0v) is 14.2. The van der Waals surface area contributed by atoms with E-state index in [9.17, 15) is 0 Å². The van der Waals surface area contributed by atoms with Gasteiger partial charge in [0.05, 0.1) is 0 Å². The number of aryl methyl sites for hydroxylation is 1. The average Bonchev–Trinajstić information content (AvgIpc) is 2.34. The van der Waals surface area contributed by atoms with Crippen LogP contribution in [-0.2, 0) is 12.8 Å². The lowest BCUT2D eigenvalue weighted by atomic mass is 9.63. The van der Waals surface area contributed by atoms with Crippen LogP contribution in [0, 0.1) is 10.8 Å². The average molecular weight is 285 g/mol. The Morgan fingerprint density at radius 2 is 1.52 bits per heavy atom. The van der Waals surface area contributed by atoms with Gasteiger partial charge >= 0.3 is 0 Å². The van der Waals surface area contributed by atoms with Crippen LogP contribution in [0.5, 0.6) is 0 Å². The van der Waals surface area contributed by atoms with Crippen LogP contribution in [0.1, 0.15) is 64.5 Å². The molecule has 2 aliphatic rings. The van der Waals surface area contributed by atoms with E-state index in [2.05, 4.69) is 57.3 Å². The molecule has 1 saturated carbocycles. The number of fused-ring (bicyclic) bond motifs is 1. The Labute approximate surface area is 130 Å². The molecule has 1 unspecified atom stereocenters. The molecule has 0 spiro atoms. The molecule has 0 bridgehead atoms. The van der Waals surface area contributed by atoms with Crippen molar-refractivity contribution >= 4 is 0 Å². The molecule has 1 aromatic rings. The summed E-state index contributed by atoms with van der Waals surface area (Å²) in [5, 5.41) is 4.01. The predicted molar refractivity (Wildman–Crippen MR) is 90.6 cm³/mol. The van der Waals surface area contributed by atoms with E-state index in [0.717, 1.165) is 0 Å². The van der Waals surface area contributed by atoms with E-state index < -0.39 is 0 Å². The second-order valence-electron chi connectivity index (χ2n) is 8.99. The second-order valence-corrected chi connectivity index (χ2v) is 8.99. The summed E-state index contributed by atoms with van der Waals surface area (Å²) in [5.41, 5.74) is 4.09. The molecule has 1 heteroatoms. The SMILES string of the molecule is CC1(C)CC(NC2CCc3ccccc3C2)CC(C)(C)C1. The normalized spacial score (nSPS) is 28.1. The van der Waals surface area contributed by atoms with Crippen LogP contribution in [0.3, 0.4) is 0 Å². The fraction of sp³-hybridized carbons (Fsp3) is 0.700. The van der Waals surface area contributed by atoms with Crippen molar-refractivity contribution in [3.63, 3.8) is 0 Å². The largest absolute Gasteiger partial charge is 0.311 e. The lowest BCUT2D eigenvalue weighted by molar-refractivity contribution is 0.0793. The first kappa shape index (κ1) is 15.1. The van der Waals surface area contributed by atoms with Crippen molar-refractivity contribution in [3.05, 3.63) is 35.4 Å². The number of benzene rings is 1. The predicted octanol–water partition coefficient (Wildman–Crippen LogP) is 4.74. The second kappa shape index (κ2) is 5.43. The summed E-state index contributed by atoms with van der Waals surface area (Å²) in [7, 11) is 0. The summed E-state index contributed by atoms with van der Waals surface area (Å²) in [5.74, 6) is 0. The summed E-state index contributed by atoms with van der Waals surface area (Å²) in [6.07, 6.45) is 7.77. The fourth-order valence-corrected chi connectivity index (χ4v) is 5.14. The van der Waals surface area contributed by atoms with E-state index in [-0.39, 0.29) is 0 Å². The van der Waals surface area contributed by atoms with Crippen molar-refractivity contribution < 1.29 is 0 Å². The zero-order valence-electron chi connectivity index (χ0n) is 14.2. The first-order chi connectivity index (χ1) is 9.83. The number of rotatable bonds is 2. The first-order valence-electron chi connectivity index (χ1n) is 8.66. The van der Waals surface area contributed by atoms with Crippen LogP contribution in [-0.4, -0.2) is 12.1 Å². The van der Waals surface area contributed by atoms with Gasteiger partial charge in [-0.1, -0.05) is 52.0 Å². The highest BCUT2D eigenvalue weighted by atomic mass is 15.0. The van der Waals surface area contributed by atoms with Gasteiger partial charge in [-0.15, -0.1) is 0 Å². The molecular formula is C20H31N. The summed E-state index contributed by atoms with van der Waals surface area (Å²) in [6.45, 7) is 9.77. The molecule has 0 heterocycles. The van der Waals surface area contributed by atoms with E-state index in [1.165, 1.54) is 38.5 Å². The molecule has 0 saturated heterocycles. The molecule has 0 aliphatic heterocycles. The van der Waals surface area contributed by atoms with Gasteiger partial charge in [0.2, 0.25) is 0 Å². The topological polar surface area (TPSA) is 12.0 Å². The monoisotopic (exact) mass is 285 g/mol. The van der Waals surface area contributed by atoms with Gasteiger partial charge in [-0.2, -0.15) is 0 Å². The lowest BCUT2D eigenvalue weighted by Crippen LogP contribution is -2.48. The van der Waals surface area contributed by atoms with Gasteiger partial charge in [-0.05, 0) is 60.5 Å². The molecule has 1 nitrogen and oxygen atoms in total. The number of hydrogen-bond donors (Lipinski definition) is 1. The van der Waals surface area contributed by atoms with Crippen molar-refractivity contribution in [3.8, 4) is 0 Å². The highest BCUT2D eigenvalue weighted by Crippen LogP contribution is 2.45. The molecule has 0 aromatic heterocycles. The standard InChI is InChI=1S/C20H31N/c1-19(2)12-18(13-20(3,4)14-19)21-17-10-9-15-7-5-6-8-16(15)11-17/h5-8,17-18,21H,9-14H2,1-4H3. The van der Waals surface area contributed by atoms with Crippen LogP contribution in [0.15, 0.2) is 24.3 Å². The third kappa shape index (κ3) is 3.69. The summed E-state index contributed by atoms with van der Waals surface area (Å²) < 4.78 is 0. The van der Waals surface area contributed by atoms with Crippen molar-refractivity contribution in [1.82, 2.24) is 5.32 Å². The Hall–Kier alpha value is -0.820. The Morgan fingerprint density at radius 1 is 0.905 bits per heavy atom. The highest BCUT2D eigenvalue weighted by molar-refractivity contribution is 5.30. The van der Waals surface area contributed by atoms with Crippen molar-refractivity contribution in [2.45, 2.75) is 78.3 Å². The van der Waals surface area contributed by atoms with Crippen molar-refractivity contribution in [2.75, 3.05) is 0 Å². The minimum absolute atomic E-state index is 0.478. The molecule has 21 heavy (non-hydrogen) atoms. The minimum atomic E-state index is 0.478. The minimum Gasteiger partial charge on any atom is -0.311 e. The van der Waals surface area contributed by atoms with Crippen molar-refractivity contribution in [1.29, 1.82) is 0 Å². The first-order valence-corrected chi connectivity index (χ1v) is 8.66. The van der Waals surface area contributed by atoms with Gasteiger partial charge in [-0.3, -0.25) is 0 Å². The molecule has 0 radical (unpaired) electrons. The Balaban J connectivity index is 1.65. The van der Waals surface area contributed by atoms with Crippen LogP contribution in [0.2, 0.25) is 0 Å². The van der Waals surface area contributed by atoms with Crippen LogP contribution in [0.25, 0.3) is 0 Å². The Kier molecular flexibility index (Phi) is 3.90. The van der Waals surface area contributed by atoms with Gasteiger partial charge in [0.25, 0.3) is 0 Å². The molecule has 1 aromatic carbocycles. The van der Waals surface area contributed by atoms with Gasteiger partial charge < -0.3 is 5.32 Å². The van der Waals surface area contributed by atoms with E-state index in [1.54, 1.807) is 11.1 Å². The van der Waals surface area contributed by atoms with E-state index >= 15 is 0 Å². The molecule has 2 aliphatic carbocycles. The molecule has 1 fully saturated rings. The van der Waals surface area contributed by atoms with E-state index in [4.69, 9.17) is 0 Å². The van der Waals surface area contributed by atoms with E-state index in [1.807, 2.05) is 0 Å². The molecule has 116 valence electrons. The van der Waals surface area contributed by atoms with Crippen molar-refractivity contribution in [2.24, 2.45) is 10.8 Å². The molecule has 3 rings (SSSR count). The van der Waals surface area contributed by atoms with Gasteiger partial charge in [-0.25, -0.2) is 0 Å². The Bertz CT molecular complexity index is 484. The summed E-state index contributed by atoms with van der Waals surface area (Å²) >= 11 is 0. The molecule has 1 atom stereocenters. The maximum atomic E-state index is 4.01. The van der Waals surface area contributed by atoms with E-state index in [0.29, 0.717) is 22.9 Å².